The molecule has 0 aliphatic rings. The van der Waals surface area contributed by atoms with Crippen LogP contribution in [0, 0.1) is 12.7 Å². The summed E-state index contributed by atoms with van der Waals surface area (Å²) >= 11 is 3.17. The highest BCUT2D eigenvalue weighted by Crippen LogP contribution is 2.19. The number of rotatable bonds is 6. The van der Waals surface area contributed by atoms with E-state index >= 15 is 0 Å². The summed E-state index contributed by atoms with van der Waals surface area (Å²) in [5, 5.41) is 2.83. The van der Waals surface area contributed by atoms with Gasteiger partial charge in [0.25, 0.3) is 5.56 Å². The van der Waals surface area contributed by atoms with Gasteiger partial charge in [0.1, 0.15) is 12.4 Å². The van der Waals surface area contributed by atoms with Crippen molar-refractivity contribution >= 4 is 38.4 Å². The Morgan fingerprint density at radius 3 is 2.55 bits per heavy atom. The average Bonchev–Trinajstić information content (AvgIpc) is 2.78. The molecule has 6 nitrogen and oxygen atoms in total. The second-order valence-corrected chi connectivity index (χ2v) is 8.67. The van der Waals surface area contributed by atoms with Gasteiger partial charge >= 0.3 is 5.69 Å². The highest BCUT2D eigenvalue weighted by Gasteiger charge is 2.16. The van der Waals surface area contributed by atoms with E-state index in [1.54, 1.807) is 30.3 Å². The molecule has 168 valence electrons. The summed E-state index contributed by atoms with van der Waals surface area (Å²) in [7, 11) is 0. The zero-order chi connectivity index (χ0) is 23.5. The first-order valence-electron chi connectivity index (χ1n) is 10.4. The van der Waals surface area contributed by atoms with Gasteiger partial charge in [0.05, 0.1) is 16.6 Å². The zero-order valence-electron chi connectivity index (χ0n) is 17.8. The monoisotopic (exact) mass is 509 g/mol. The second-order valence-electron chi connectivity index (χ2n) is 7.75. The Bertz CT molecular complexity index is 1480. The maximum atomic E-state index is 14.1. The number of fused-ring (bicyclic) bond motifs is 1. The van der Waals surface area contributed by atoms with E-state index in [0.29, 0.717) is 21.8 Å². The molecule has 0 unspecified atom stereocenters. The Morgan fingerprint density at radius 1 is 1.00 bits per heavy atom. The van der Waals surface area contributed by atoms with Gasteiger partial charge in [-0.05, 0) is 49.2 Å². The number of aromatic nitrogens is 2. The van der Waals surface area contributed by atoms with Crippen molar-refractivity contribution < 1.29 is 9.18 Å². The average molecular weight is 510 g/mol. The van der Waals surface area contributed by atoms with Gasteiger partial charge in [0, 0.05) is 11.0 Å². The molecule has 1 amide bonds. The van der Waals surface area contributed by atoms with Crippen LogP contribution in [0.1, 0.15) is 11.1 Å². The third kappa shape index (κ3) is 4.96. The second kappa shape index (κ2) is 9.54. The van der Waals surface area contributed by atoms with E-state index in [4.69, 9.17) is 0 Å². The fourth-order valence-electron chi connectivity index (χ4n) is 3.75. The molecule has 4 aromatic rings. The van der Waals surface area contributed by atoms with Crippen LogP contribution in [0.4, 0.5) is 10.1 Å². The van der Waals surface area contributed by atoms with Crippen LogP contribution >= 0.6 is 15.9 Å². The first kappa shape index (κ1) is 22.7. The van der Waals surface area contributed by atoms with Crippen LogP contribution < -0.4 is 16.6 Å². The highest BCUT2D eigenvalue weighted by molar-refractivity contribution is 9.10. The summed E-state index contributed by atoms with van der Waals surface area (Å²) in [4.78, 5) is 39.0. The van der Waals surface area contributed by atoms with Crippen LogP contribution in [-0.2, 0) is 24.3 Å². The zero-order valence-corrected chi connectivity index (χ0v) is 19.4. The molecule has 8 heteroatoms. The summed E-state index contributed by atoms with van der Waals surface area (Å²) in [6, 6.07) is 18.8. The number of benzene rings is 3. The lowest BCUT2D eigenvalue weighted by molar-refractivity contribution is -0.116. The molecule has 33 heavy (non-hydrogen) atoms. The number of amides is 1. The minimum absolute atomic E-state index is 0.00771. The van der Waals surface area contributed by atoms with E-state index in [1.807, 2.05) is 31.2 Å². The van der Waals surface area contributed by atoms with E-state index in [1.165, 1.54) is 16.7 Å². The molecular formula is C25H21BrFN3O3. The van der Waals surface area contributed by atoms with Crippen LogP contribution in [0.2, 0.25) is 0 Å². The standard InChI is InChI=1S/C25H21BrFN3O3/c1-16-5-4-6-17(13-16)11-12-29-24(32)19-7-2-3-8-22(19)30(25(29)33)15-23(31)28-21-10-9-18(26)14-20(21)27/h2-10,13-14H,11-12,15H2,1H3,(H,28,31). The smallest absolute Gasteiger partial charge is 0.322 e. The van der Waals surface area contributed by atoms with Gasteiger partial charge in [0.2, 0.25) is 5.91 Å². The molecular weight excluding hydrogens is 489 g/mol. The van der Waals surface area contributed by atoms with Gasteiger partial charge in [-0.15, -0.1) is 0 Å². The molecule has 1 heterocycles. The number of carbonyl (C=O) groups excluding carboxylic acids is 1. The number of nitrogens with one attached hydrogen (secondary N) is 1. The van der Waals surface area contributed by atoms with Crippen molar-refractivity contribution in [2.45, 2.75) is 26.4 Å². The SMILES string of the molecule is Cc1cccc(CCn2c(=O)c3ccccc3n(CC(=O)Nc3ccc(Br)cc3F)c2=O)c1. The lowest BCUT2D eigenvalue weighted by Gasteiger charge is -2.14. The van der Waals surface area contributed by atoms with Gasteiger partial charge < -0.3 is 5.32 Å². The number of anilines is 1. The van der Waals surface area contributed by atoms with Crippen molar-refractivity contribution in [2.75, 3.05) is 5.32 Å². The summed E-state index contributed by atoms with van der Waals surface area (Å²) in [6.07, 6.45) is 0.492. The number of hydrogen-bond acceptors (Lipinski definition) is 3. The lowest BCUT2D eigenvalue weighted by Crippen LogP contribution is -2.42. The van der Waals surface area contributed by atoms with Crippen LogP contribution in [0.3, 0.4) is 0 Å². The van der Waals surface area contributed by atoms with Crippen molar-refractivity contribution in [3.63, 3.8) is 0 Å². The molecule has 0 saturated carbocycles. The molecule has 0 aliphatic heterocycles. The van der Waals surface area contributed by atoms with Gasteiger partial charge in [-0.2, -0.15) is 0 Å². The number of carbonyl (C=O) groups is 1. The van der Waals surface area contributed by atoms with E-state index in [2.05, 4.69) is 21.2 Å². The Labute approximate surface area is 197 Å². The Kier molecular flexibility index (Phi) is 6.55. The van der Waals surface area contributed by atoms with Crippen molar-refractivity contribution in [2.24, 2.45) is 0 Å². The van der Waals surface area contributed by atoms with Gasteiger partial charge in [-0.1, -0.05) is 57.9 Å². The van der Waals surface area contributed by atoms with E-state index in [0.717, 1.165) is 15.7 Å². The topological polar surface area (TPSA) is 73.1 Å². The van der Waals surface area contributed by atoms with Crippen LogP contribution in [0.5, 0.6) is 0 Å². The predicted octanol–water partition coefficient (Wildman–Crippen LogP) is 4.25. The molecule has 1 N–H and O–H groups in total. The molecule has 0 radical (unpaired) electrons. The largest absolute Gasteiger partial charge is 0.331 e. The molecule has 4 rings (SSSR count). The lowest BCUT2D eigenvalue weighted by atomic mass is 10.1. The maximum Gasteiger partial charge on any atom is 0.331 e. The quantitative estimate of drug-likeness (QED) is 0.422. The predicted molar refractivity (Wildman–Crippen MR) is 130 cm³/mol. The van der Waals surface area contributed by atoms with Crippen molar-refractivity contribution in [1.82, 2.24) is 9.13 Å². The van der Waals surface area contributed by atoms with Crippen LogP contribution in [0.25, 0.3) is 10.9 Å². The first-order valence-corrected chi connectivity index (χ1v) is 11.2. The summed E-state index contributed by atoms with van der Waals surface area (Å²) < 4.78 is 17.1. The third-order valence-corrected chi connectivity index (χ3v) is 5.84. The molecule has 3 aromatic carbocycles. The van der Waals surface area contributed by atoms with Crippen molar-refractivity contribution in [1.29, 1.82) is 0 Å². The number of hydrogen-bond donors (Lipinski definition) is 1. The summed E-state index contributed by atoms with van der Waals surface area (Å²) in [6.45, 7) is 1.79. The molecule has 0 atom stereocenters. The summed E-state index contributed by atoms with van der Waals surface area (Å²) in [5.74, 6) is -1.18. The minimum Gasteiger partial charge on any atom is -0.322 e. The number of halogens is 2. The fourth-order valence-corrected chi connectivity index (χ4v) is 4.09. The molecule has 0 spiro atoms. The maximum absolute atomic E-state index is 14.1. The molecule has 1 aromatic heterocycles. The van der Waals surface area contributed by atoms with E-state index in [-0.39, 0.29) is 18.8 Å². The van der Waals surface area contributed by atoms with Crippen molar-refractivity contribution in [3.8, 4) is 0 Å². The molecule has 0 saturated heterocycles. The molecule has 0 bridgehead atoms. The third-order valence-electron chi connectivity index (χ3n) is 5.35. The number of aryl methyl sites for hydroxylation is 2. The number of para-hydroxylation sites is 1. The van der Waals surface area contributed by atoms with Crippen molar-refractivity contribution in [3.05, 3.63) is 109 Å². The Balaban J connectivity index is 1.69. The minimum atomic E-state index is -0.599. The van der Waals surface area contributed by atoms with E-state index < -0.39 is 23.0 Å². The highest BCUT2D eigenvalue weighted by atomic mass is 79.9. The van der Waals surface area contributed by atoms with E-state index in [9.17, 15) is 18.8 Å². The Morgan fingerprint density at radius 2 is 1.79 bits per heavy atom. The fraction of sp³-hybridized carbons (Fsp3) is 0.160. The normalized spacial score (nSPS) is 11.0. The van der Waals surface area contributed by atoms with Crippen LogP contribution in [0.15, 0.2) is 80.8 Å². The van der Waals surface area contributed by atoms with Gasteiger partial charge in [-0.3, -0.25) is 18.7 Å². The summed E-state index contributed by atoms with van der Waals surface area (Å²) in [5.41, 5.74) is 1.47. The van der Waals surface area contributed by atoms with Gasteiger partial charge in [0.15, 0.2) is 0 Å². The number of nitrogens with zero attached hydrogens (tertiary/aromatic N) is 2. The Hall–Kier alpha value is -3.52. The molecule has 0 aliphatic carbocycles. The van der Waals surface area contributed by atoms with Crippen LogP contribution in [-0.4, -0.2) is 15.0 Å². The first-order chi connectivity index (χ1) is 15.8. The van der Waals surface area contributed by atoms with Gasteiger partial charge in [-0.25, -0.2) is 9.18 Å². The molecule has 0 fully saturated rings.